The number of nitrogens with zero attached hydrogens (tertiary/aromatic N) is 3. The van der Waals surface area contributed by atoms with Gasteiger partial charge in [-0.1, -0.05) is 12.1 Å². The summed E-state index contributed by atoms with van der Waals surface area (Å²) in [5.41, 5.74) is 6.79. The summed E-state index contributed by atoms with van der Waals surface area (Å²) in [6.07, 6.45) is 2.72. The summed E-state index contributed by atoms with van der Waals surface area (Å²) in [5, 5.41) is 7.76. The van der Waals surface area contributed by atoms with E-state index in [0.717, 1.165) is 18.7 Å². The summed E-state index contributed by atoms with van der Waals surface area (Å²) in [4.78, 5) is 0. The van der Waals surface area contributed by atoms with Crippen LogP contribution in [0.25, 0.3) is 0 Å². The van der Waals surface area contributed by atoms with Crippen LogP contribution in [0.4, 0.5) is 0 Å². The third-order valence-electron chi connectivity index (χ3n) is 1.81. The van der Waals surface area contributed by atoms with Crippen molar-refractivity contribution in [1.29, 1.82) is 0 Å². The quantitative estimate of drug-likeness (QED) is 0.716. The van der Waals surface area contributed by atoms with Gasteiger partial charge in [0.15, 0.2) is 0 Å². The second-order valence-electron chi connectivity index (χ2n) is 2.94. The molecule has 0 aliphatic rings. The summed E-state index contributed by atoms with van der Waals surface area (Å²) in [5.74, 6) is 0. The van der Waals surface area contributed by atoms with E-state index in [-0.39, 0.29) is 6.04 Å². The van der Waals surface area contributed by atoms with Crippen LogP contribution in [0.5, 0.6) is 0 Å². The normalized spacial score (nSPS) is 13.2. The van der Waals surface area contributed by atoms with Crippen molar-refractivity contribution < 1.29 is 4.74 Å². The predicted octanol–water partition coefficient (Wildman–Crippen LogP) is 0.334. The largest absolute Gasteiger partial charge is 0.383 e. The van der Waals surface area contributed by atoms with Crippen molar-refractivity contribution in [1.82, 2.24) is 15.0 Å². The second-order valence-corrected chi connectivity index (χ2v) is 2.94. The van der Waals surface area contributed by atoms with E-state index in [4.69, 9.17) is 10.5 Å². The lowest BCUT2D eigenvalue weighted by molar-refractivity contribution is 0.177. The molecular formula is C8H16N4O. The Morgan fingerprint density at radius 2 is 2.46 bits per heavy atom. The Morgan fingerprint density at radius 1 is 1.69 bits per heavy atom. The van der Waals surface area contributed by atoms with Crippen LogP contribution in [0.1, 0.15) is 25.1 Å². The minimum absolute atomic E-state index is 0.133. The summed E-state index contributed by atoms with van der Waals surface area (Å²) < 4.78 is 6.79. The number of methoxy groups -OCH3 is 1. The number of aromatic nitrogens is 3. The highest BCUT2D eigenvalue weighted by Crippen LogP contribution is 2.08. The van der Waals surface area contributed by atoms with Crippen LogP contribution in [0, 0.1) is 0 Å². The van der Waals surface area contributed by atoms with Crippen molar-refractivity contribution in [2.24, 2.45) is 5.73 Å². The minimum atomic E-state index is -0.133. The van der Waals surface area contributed by atoms with Crippen molar-refractivity contribution in [3.8, 4) is 0 Å². The standard InChI is InChI=1S/C8H16N4O/c1-3-4-12-8(5-10-11-12)7(9)6-13-2/h5,7H,3-4,6,9H2,1-2H3/t7-/m1/s1. The lowest BCUT2D eigenvalue weighted by Gasteiger charge is -2.11. The maximum atomic E-state index is 5.86. The van der Waals surface area contributed by atoms with Crippen LogP contribution in [0.2, 0.25) is 0 Å². The van der Waals surface area contributed by atoms with Gasteiger partial charge >= 0.3 is 0 Å². The Hall–Kier alpha value is -0.940. The Morgan fingerprint density at radius 3 is 3.08 bits per heavy atom. The molecule has 1 heterocycles. The van der Waals surface area contributed by atoms with Crippen molar-refractivity contribution in [2.75, 3.05) is 13.7 Å². The van der Waals surface area contributed by atoms with Gasteiger partial charge in [0.1, 0.15) is 0 Å². The first-order chi connectivity index (χ1) is 6.29. The summed E-state index contributed by atoms with van der Waals surface area (Å²) >= 11 is 0. The molecule has 1 rings (SSSR count). The van der Waals surface area contributed by atoms with Crippen LogP contribution >= 0.6 is 0 Å². The average Bonchev–Trinajstić information content (AvgIpc) is 2.54. The Balaban J connectivity index is 2.68. The topological polar surface area (TPSA) is 66.0 Å². The van der Waals surface area contributed by atoms with Gasteiger partial charge in [-0.2, -0.15) is 0 Å². The van der Waals surface area contributed by atoms with Crippen LogP contribution in [0.3, 0.4) is 0 Å². The highest BCUT2D eigenvalue weighted by Gasteiger charge is 2.11. The third-order valence-corrected chi connectivity index (χ3v) is 1.81. The zero-order valence-corrected chi connectivity index (χ0v) is 8.10. The molecule has 0 saturated heterocycles. The molecular weight excluding hydrogens is 168 g/mol. The van der Waals surface area contributed by atoms with Crippen LogP contribution < -0.4 is 5.73 Å². The Bertz CT molecular complexity index is 248. The van der Waals surface area contributed by atoms with Crippen molar-refractivity contribution in [3.63, 3.8) is 0 Å². The maximum Gasteiger partial charge on any atom is 0.0777 e. The number of nitrogens with two attached hydrogens (primary N) is 1. The predicted molar refractivity (Wildman–Crippen MR) is 49.1 cm³/mol. The highest BCUT2D eigenvalue weighted by atomic mass is 16.5. The van der Waals surface area contributed by atoms with Crippen molar-refractivity contribution in [3.05, 3.63) is 11.9 Å². The van der Waals surface area contributed by atoms with E-state index in [1.165, 1.54) is 0 Å². The van der Waals surface area contributed by atoms with E-state index in [9.17, 15) is 0 Å². The first-order valence-corrected chi connectivity index (χ1v) is 4.42. The van der Waals surface area contributed by atoms with Crippen LogP contribution in [0.15, 0.2) is 6.20 Å². The van der Waals surface area contributed by atoms with Gasteiger partial charge < -0.3 is 10.5 Å². The lowest BCUT2D eigenvalue weighted by Crippen LogP contribution is -2.20. The molecule has 0 radical (unpaired) electrons. The van der Waals surface area contributed by atoms with Gasteiger partial charge in [-0.25, -0.2) is 4.68 Å². The fourth-order valence-electron chi connectivity index (χ4n) is 1.20. The van der Waals surface area contributed by atoms with Gasteiger partial charge in [0.05, 0.1) is 24.5 Å². The number of aryl methyl sites for hydroxylation is 1. The molecule has 0 bridgehead atoms. The number of hydrogen-bond donors (Lipinski definition) is 1. The number of hydrogen-bond acceptors (Lipinski definition) is 4. The van der Waals surface area contributed by atoms with Crippen molar-refractivity contribution in [2.45, 2.75) is 25.9 Å². The number of ether oxygens (including phenoxy) is 1. The van der Waals surface area contributed by atoms with Gasteiger partial charge in [0.2, 0.25) is 0 Å². The molecule has 0 aromatic carbocycles. The molecule has 1 aromatic rings. The molecule has 0 spiro atoms. The first-order valence-electron chi connectivity index (χ1n) is 4.42. The average molecular weight is 184 g/mol. The molecule has 0 fully saturated rings. The molecule has 1 atom stereocenters. The van der Waals surface area contributed by atoms with Gasteiger partial charge in [-0.3, -0.25) is 0 Å². The van der Waals surface area contributed by atoms with E-state index < -0.39 is 0 Å². The first kappa shape index (κ1) is 10.1. The maximum absolute atomic E-state index is 5.86. The summed E-state index contributed by atoms with van der Waals surface area (Å²) in [6.45, 7) is 3.44. The SMILES string of the molecule is CCCn1nncc1[C@H](N)COC. The molecule has 2 N–H and O–H groups in total. The molecule has 74 valence electrons. The zero-order chi connectivity index (χ0) is 9.68. The molecule has 1 aromatic heterocycles. The molecule has 0 saturated carbocycles. The highest BCUT2D eigenvalue weighted by molar-refractivity contribution is 5.00. The van der Waals surface area contributed by atoms with Gasteiger partial charge in [-0.05, 0) is 6.42 Å². The minimum Gasteiger partial charge on any atom is -0.383 e. The summed E-state index contributed by atoms with van der Waals surface area (Å²) in [6, 6.07) is -0.133. The molecule has 13 heavy (non-hydrogen) atoms. The Kier molecular flexibility index (Phi) is 3.85. The molecule has 0 amide bonds. The molecule has 0 unspecified atom stereocenters. The lowest BCUT2D eigenvalue weighted by atomic mass is 10.2. The van der Waals surface area contributed by atoms with Crippen LogP contribution in [-0.2, 0) is 11.3 Å². The monoisotopic (exact) mass is 184 g/mol. The number of rotatable bonds is 5. The Labute approximate surface area is 77.9 Å². The van der Waals surface area contributed by atoms with E-state index in [2.05, 4.69) is 17.2 Å². The molecule has 5 nitrogen and oxygen atoms in total. The van der Waals surface area contributed by atoms with Crippen LogP contribution in [-0.4, -0.2) is 28.7 Å². The smallest absolute Gasteiger partial charge is 0.0777 e. The fourth-order valence-corrected chi connectivity index (χ4v) is 1.20. The fraction of sp³-hybridized carbons (Fsp3) is 0.750. The molecule has 0 aliphatic heterocycles. The van der Waals surface area contributed by atoms with Gasteiger partial charge in [-0.15, -0.1) is 5.10 Å². The van der Waals surface area contributed by atoms with E-state index in [0.29, 0.717) is 6.61 Å². The zero-order valence-electron chi connectivity index (χ0n) is 8.10. The van der Waals surface area contributed by atoms with E-state index in [1.807, 2.05) is 4.68 Å². The molecule has 5 heteroatoms. The van der Waals surface area contributed by atoms with E-state index in [1.54, 1.807) is 13.3 Å². The molecule has 0 aliphatic carbocycles. The summed E-state index contributed by atoms with van der Waals surface area (Å²) in [7, 11) is 1.63. The van der Waals surface area contributed by atoms with Crippen molar-refractivity contribution >= 4 is 0 Å². The van der Waals surface area contributed by atoms with E-state index >= 15 is 0 Å². The second kappa shape index (κ2) is 4.94. The van der Waals surface area contributed by atoms with Gasteiger partial charge in [0, 0.05) is 13.7 Å². The van der Waals surface area contributed by atoms with Gasteiger partial charge in [0.25, 0.3) is 0 Å². The third kappa shape index (κ3) is 2.50.